The lowest BCUT2D eigenvalue weighted by Crippen LogP contribution is -2.52. The van der Waals surface area contributed by atoms with Crippen molar-refractivity contribution in [1.29, 1.82) is 0 Å². The molecule has 1 N–H and O–H groups in total. The second kappa shape index (κ2) is 6.72. The first-order valence-electron chi connectivity index (χ1n) is 7.31. The molecule has 21 heavy (non-hydrogen) atoms. The molecule has 5 heteroatoms. The minimum absolute atomic E-state index is 0.0700. The van der Waals surface area contributed by atoms with Gasteiger partial charge in [-0.25, -0.2) is 0 Å². The standard InChI is InChI=1S/C16H22N2O3/c1-3-18(14-7-5-4-6-12(14)2)15(19)11-17-9-13(10-17)8-16(20)21/h4-7,13H,3,8-11H2,1-2H3,(H,20,21). The molecule has 0 bridgehead atoms. The van der Waals surface area contributed by atoms with Gasteiger partial charge in [0, 0.05) is 25.3 Å². The highest BCUT2D eigenvalue weighted by Crippen LogP contribution is 2.22. The van der Waals surface area contributed by atoms with Gasteiger partial charge in [0.05, 0.1) is 13.0 Å². The van der Waals surface area contributed by atoms with Gasteiger partial charge in [-0.05, 0) is 31.4 Å². The number of carbonyl (C=O) groups excluding carboxylic acids is 1. The van der Waals surface area contributed by atoms with Crippen LogP contribution in [-0.2, 0) is 9.59 Å². The van der Waals surface area contributed by atoms with Crippen LogP contribution in [0.2, 0.25) is 0 Å². The fraction of sp³-hybridized carbons (Fsp3) is 0.500. The summed E-state index contributed by atoms with van der Waals surface area (Å²) >= 11 is 0. The van der Waals surface area contributed by atoms with Gasteiger partial charge in [-0.15, -0.1) is 0 Å². The summed E-state index contributed by atoms with van der Waals surface area (Å²) in [5.41, 5.74) is 2.03. The molecule has 0 unspecified atom stereocenters. The zero-order chi connectivity index (χ0) is 15.4. The molecule has 1 aliphatic rings. The fourth-order valence-corrected chi connectivity index (χ4v) is 2.81. The summed E-state index contributed by atoms with van der Waals surface area (Å²) in [5, 5.41) is 8.73. The number of carboxylic acid groups (broad SMARTS) is 1. The van der Waals surface area contributed by atoms with E-state index in [4.69, 9.17) is 5.11 Å². The fourth-order valence-electron chi connectivity index (χ4n) is 2.81. The number of carbonyl (C=O) groups is 2. The average molecular weight is 290 g/mol. The summed E-state index contributed by atoms with van der Waals surface area (Å²) in [6, 6.07) is 7.85. The Bertz CT molecular complexity index is 524. The number of likely N-dealkylation sites (tertiary alicyclic amines) is 1. The van der Waals surface area contributed by atoms with Crippen molar-refractivity contribution in [3.05, 3.63) is 29.8 Å². The smallest absolute Gasteiger partial charge is 0.303 e. The average Bonchev–Trinajstić information content (AvgIpc) is 2.39. The van der Waals surface area contributed by atoms with Gasteiger partial charge in [-0.1, -0.05) is 18.2 Å². The quantitative estimate of drug-likeness (QED) is 0.867. The highest BCUT2D eigenvalue weighted by molar-refractivity contribution is 5.95. The third-order valence-corrected chi connectivity index (χ3v) is 3.88. The minimum atomic E-state index is -0.763. The first-order valence-corrected chi connectivity index (χ1v) is 7.31. The van der Waals surface area contributed by atoms with Crippen LogP contribution in [0.3, 0.4) is 0 Å². The Balaban J connectivity index is 1.91. The van der Waals surface area contributed by atoms with Crippen LogP contribution in [0.4, 0.5) is 5.69 Å². The molecule has 0 spiro atoms. The molecule has 1 heterocycles. The normalized spacial score (nSPS) is 15.5. The predicted octanol–water partition coefficient (Wildman–Crippen LogP) is 1.75. The van der Waals surface area contributed by atoms with E-state index in [2.05, 4.69) is 0 Å². The van der Waals surface area contributed by atoms with Gasteiger partial charge in [0.15, 0.2) is 0 Å². The highest BCUT2D eigenvalue weighted by Gasteiger charge is 2.31. The largest absolute Gasteiger partial charge is 0.481 e. The van der Waals surface area contributed by atoms with Crippen LogP contribution in [0.25, 0.3) is 0 Å². The van der Waals surface area contributed by atoms with E-state index in [0.29, 0.717) is 26.2 Å². The molecule has 5 nitrogen and oxygen atoms in total. The third-order valence-electron chi connectivity index (χ3n) is 3.88. The number of nitrogens with zero attached hydrogens (tertiary/aromatic N) is 2. The Morgan fingerprint density at radius 2 is 2.00 bits per heavy atom. The molecule has 1 amide bonds. The second-order valence-electron chi connectivity index (χ2n) is 5.58. The Kier molecular flexibility index (Phi) is 4.96. The Morgan fingerprint density at radius 1 is 1.33 bits per heavy atom. The van der Waals surface area contributed by atoms with Crippen LogP contribution in [0.5, 0.6) is 0 Å². The second-order valence-corrected chi connectivity index (χ2v) is 5.58. The summed E-state index contributed by atoms with van der Waals surface area (Å²) in [6.45, 7) is 6.35. The monoisotopic (exact) mass is 290 g/mol. The summed E-state index contributed by atoms with van der Waals surface area (Å²) in [4.78, 5) is 26.8. The Labute approximate surface area is 125 Å². The van der Waals surface area contributed by atoms with Crippen molar-refractivity contribution in [2.24, 2.45) is 5.92 Å². The zero-order valence-electron chi connectivity index (χ0n) is 12.6. The molecule has 0 aromatic heterocycles. The van der Waals surface area contributed by atoms with Crippen LogP contribution in [-0.4, -0.2) is 48.1 Å². The van der Waals surface area contributed by atoms with Crippen LogP contribution >= 0.6 is 0 Å². The molecule has 1 saturated heterocycles. The summed E-state index contributed by atoms with van der Waals surface area (Å²) in [6.07, 6.45) is 0.194. The number of hydrogen-bond acceptors (Lipinski definition) is 3. The summed E-state index contributed by atoms with van der Waals surface area (Å²) in [5.74, 6) is -0.509. The number of rotatable bonds is 6. The maximum Gasteiger partial charge on any atom is 0.303 e. The maximum atomic E-state index is 12.4. The van der Waals surface area contributed by atoms with Crippen molar-refractivity contribution in [2.45, 2.75) is 20.3 Å². The third kappa shape index (κ3) is 3.82. The van der Waals surface area contributed by atoms with E-state index in [-0.39, 0.29) is 18.2 Å². The van der Waals surface area contributed by atoms with E-state index < -0.39 is 5.97 Å². The number of para-hydroxylation sites is 1. The number of aryl methyl sites for hydroxylation is 1. The number of hydrogen-bond donors (Lipinski definition) is 1. The van der Waals surface area contributed by atoms with E-state index in [1.54, 1.807) is 4.90 Å². The van der Waals surface area contributed by atoms with Gasteiger partial charge in [-0.2, -0.15) is 0 Å². The highest BCUT2D eigenvalue weighted by atomic mass is 16.4. The van der Waals surface area contributed by atoms with E-state index in [0.717, 1.165) is 11.3 Å². The molecular formula is C16H22N2O3. The Morgan fingerprint density at radius 3 is 2.57 bits per heavy atom. The number of likely N-dealkylation sites (N-methyl/N-ethyl adjacent to an activating group) is 1. The molecule has 1 aromatic rings. The lowest BCUT2D eigenvalue weighted by Gasteiger charge is -2.39. The molecule has 0 atom stereocenters. The molecule has 1 fully saturated rings. The topological polar surface area (TPSA) is 60.9 Å². The number of anilines is 1. The van der Waals surface area contributed by atoms with Crippen LogP contribution in [0, 0.1) is 12.8 Å². The first kappa shape index (κ1) is 15.5. The van der Waals surface area contributed by atoms with Gasteiger partial charge in [0.25, 0.3) is 0 Å². The van der Waals surface area contributed by atoms with Crippen molar-refractivity contribution in [2.75, 3.05) is 31.1 Å². The van der Waals surface area contributed by atoms with Crippen molar-refractivity contribution < 1.29 is 14.7 Å². The molecule has 0 aliphatic carbocycles. The minimum Gasteiger partial charge on any atom is -0.481 e. The molecule has 0 radical (unpaired) electrons. The number of aliphatic carboxylic acids is 1. The van der Waals surface area contributed by atoms with Crippen LogP contribution in [0.15, 0.2) is 24.3 Å². The molecular weight excluding hydrogens is 268 g/mol. The van der Waals surface area contributed by atoms with Crippen molar-refractivity contribution >= 4 is 17.6 Å². The van der Waals surface area contributed by atoms with Gasteiger partial charge in [0.1, 0.15) is 0 Å². The molecule has 0 saturated carbocycles. The molecule has 114 valence electrons. The first-order chi connectivity index (χ1) is 10.0. The zero-order valence-corrected chi connectivity index (χ0v) is 12.6. The molecule has 2 rings (SSSR count). The van der Waals surface area contributed by atoms with Gasteiger partial charge >= 0.3 is 5.97 Å². The lowest BCUT2D eigenvalue weighted by atomic mass is 9.96. The lowest BCUT2D eigenvalue weighted by molar-refractivity contribution is -0.139. The van der Waals surface area contributed by atoms with Gasteiger partial charge < -0.3 is 10.0 Å². The maximum absolute atomic E-state index is 12.4. The van der Waals surface area contributed by atoms with E-state index >= 15 is 0 Å². The van der Waals surface area contributed by atoms with E-state index in [1.165, 1.54) is 0 Å². The van der Waals surface area contributed by atoms with E-state index in [9.17, 15) is 9.59 Å². The van der Waals surface area contributed by atoms with E-state index in [1.807, 2.05) is 43.0 Å². The SMILES string of the molecule is CCN(C(=O)CN1CC(CC(=O)O)C1)c1ccccc1C. The van der Waals surface area contributed by atoms with Crippen molar-refractivity contribution in [3.8, 4) is 0 Å². The Hall–Kier alpha value is -1.88. The van der Waals surface area contributed by atoms with Gasteiger partial charge in [-0.3, -0.25) is 14.5 Å². The van der Waals surface area contributed by atoms with Gasteiger partial charge in [0.2, 0.25) is 5.91 Å². The number of benzene rings is 1. The van der Waals surface area contributed by atoms with Crippen LogP contribution in [0.1, 0.15) is 18.9 Å². The number of amides is 1. The molecule has 1 aliphatic heterocycles. The molecule has 1 aromatic carbocycles. The van der Waals surface area contributed by atoms with Crippen molar-refractivity contribution in [3.63, 3.8) is 0 Å². The predicted molar refractivity (Wildman–Crippen MR) is 81.4 cm³/mol. The number of carboxylic acids is 1. The summed E-state index contributed by atoms with van der Waals surface area (Å²) < 4.78 is 0. The van der Waals surface area contributed by atoms with Crippen LogP contribution < -0.4 is 4.90 Å². The van der Waals surface area contributed by atoms with Crippen molar-refractivity contribution in [1.82, 2.24) is 4.90 Å². The summed E-state index contributed by atoms with van der Waals surface area (Å²) in [7, 11) is 0.